The van der Waals surface area contributed by atoms with E-state index in [1.54, 1.807) is 17.3 Å². The van der Waals surface area contributed by atoms with Crippen LogP contribution in [0, 0.1) is 5.41 Å². The molecule has 2 fully saturated rings. The number of thiazole rings is 1. The largest absolute Gasteiger partial charge is 0.481 e. The summed E-state index contributed by atoms with van der Waals surface area (Å²) in [5.41, 5.74) is 1.87. The lowest BCUT2D eigenvalue weighted by atomic mass is 9.90. The summed E-state index contributed by atoms with van der Waals surface area (Å²) in [6.07, 6.45) is 5.15. The lowest BCUT2D eigenvalue weighted by molar-refractivity contribution is -0.147. The van der Waals surface area contributed by atoms with Crippen LogP contribution in [0.15, 0.2) is 5.51 Å². The maximum absolute atomic E-state index is 12.7. The summed E-state index contributed by atoms with van der Waals surface area (Å²) in [7, 11) is 0. The third kappa shape index (κ3) is 2.57. The standard InChI is InChI=1S/C15H20N2O3S/c1-15(14(19)20)6-7-17(8-15)13(18)12-11(16-9-21-12)10-4-2-3-5-10/h9-10H,2-8H2,1H3,(H,19,20). The average molecular weight is 308 g/mol. The van der Waals surface area contributed by atoms with Crippen molar-refractivity contribution in [1.29, 1.82) is 0 Å². The number of carboxylic acids is 1. The highest BCUT2D eigenvalue weighted by atomic mass is 32.1. The van der Waals surface area contributed by atoms with E-state index in [-0.39, 0.29) is 5.91 Å². The Morgan fingerprint density at radius 2 is 2.14 bits per heavy atom. The van der Waals surface area contributed by atoms with Crippen LogP contribution in [0.1, 0.15) is 60.3 Å². The topological polar surface area (TPSA) is 70.5 Å². The van der Waals surface area contributed by atoms with Gasteiger partial charge in [-0.3, -0.25) is 9.59 Å². The summed E-state index contributed by atoms with van der Waals surface area (Å²) >= 11 is 1.39. The summed E-state index contributed by atoms with van der Waals surface area (Å²) in [6, 6.07) is 0. The molecule has 0 aromatic carbocycles. The molecule has 1 N–H and O–H groups in total. The number of nitrogens with zero attached hydrogens (tertiary/aromatic N) is 2. The number of aliphatic carboxylic acids is 1. The first-order valence-electron chi connectivity index (χ1n) is 7.47. The van der Waals surface area contributed by atoms with Gasteiger partial charge in [0.25, 0.3) is 5.91 Å². The van der Waals surface area contributed by atoms with E-state index in [1.165, 1.54) is 24.2 Å². The zero-order chi connectivity index (χ0) is 15.0. The van der Waals surface area contributed by atoms with Crippen LogP contribution in [0.3, 0.4) is 0 Å². The number of rotatable bonds is 3. The van der Waals surface area contributed by atoms with Crippen molar-refractivity contribution in [3.63, 3.8) is 0 Å². The molecule has 6 heteroatoms. The summed E-state index contributed by atoms with van der Waals surface area (Å²) in [6.45, 7) is 2.53. The third-order valence-electron chi connectivity index (χ3n) is 4.81. The quantitative estimate of drug-likeness (QED) is 0.932. The van der Waals surface area contributed by atoms with Crippen LogP contribution in [0.4, 0.5) is 0 Å². The molecule has 1 unspecified atom stereocenters. The molecule has 3 rings (SSSR count). The molecule has 2 heterocycles. The second-order valence-electron chi connectivity index (χ2n) is 6.39. The summed E-state index contributed by atoms with van der Waals surface area (Å²) < 4.78 is 0. The van der Waals surface area contributed by atoms with E-state index in [4.69, 9.17) is 0 Å². The first kappa shape index (κ1) is 14.5. The van der Waals surface area contributed by atoms with Gasteiger partial charge < -0.3 is 10.0 Å². The molecule has 1 amide bonds. The van der Waals surface area contributed by atoms with E-state index in [9.17, 15) is 14.7 Å². The number of carboxylic acid groups (broad SMARTS) is 1. The molecule has 1 aliphatic heterocycles. The first-order valence-corrected chi connectivity index (χ1v) is 8.35. The van der Waals surface area contributed by atoms with E-state index >= 15 is 0 Å². The second-order valence-corrected chi connectivity index (χ2v) is 7.25. The summed E-state index contributed by atoms with van der Waals surface area (Å²) in [5.74, 6) is -0.453. The Kier molecular flexibility index (Phi) is 3.73. The second kappa shape index (κ2) is 5.40. The number of carbonyl (C=O) groups excluding carboxylic acids is 1. The zero-order valence-corrected chi connectivity index (χ0v) is 13.0. The van der Waals surface area contributed by atoms with Crippen LogP contribution in [0.25, 0.3) is 0 Å². The van der Waals surface area contributed by atoms with Crippen molar-refractivity contribution in [3.05, 3.63) is 16.1 Å². The van der Waals surface area contributed by atoms with Crippen molar-refractivity contribution < 1.29 is 14.7 Å². The predicted octanol–water partition coefficient (Wildman–Crippen LogP) is 2.74. The van der Waals surface area contributed by atoms with E-state index in [1.807, 2.05) is 0 Å². The van der Waals surface area contributed by atoms with Gasteiger partial charge in [-0.25, -0.2) is 4.98 Å². The fourth-order valence-electron chi connectivity index (χ4n) is 3.36. The number of hydrogen-bond donors (Lipinski definition) is 1. The lowest BCUT2D eigenvalue weighted by Gasteiger charge is -2.20. The molecule has 2 aliphatic rings. The maximum Gasteiger partial charge on any atom is 0.311 e. The average Bonchev–Trinajstić information content (AvgIpc) is 3.18. The molecule has 0 bridgehead atoms. The van der Waals surface area contributed by atoms with E-state index in [2.05, 4.69) is 4.98 Å². The molecule has 21 heavy (non-hydrogen) atoms. The Bertz CT molecular complexity index is 565. The van der Waals surface area contributed by atoms with Crippen LogP contribution >= 0.6 is 11.3 Å². The maximum atomic E-state index is 12.7. The SMILES string of the molecule is CC1(C(=O)O)CCN(C(=O)c2scnc2C2CCCC2)C1. The van der Waals surface area contributed by atoms with Gasteiger partial charge in [0.1, 0.15) is 4.88 Å². The van der Waals surface area contributed by atoms with Gasteiger partial charge in [-0.2, -0.15) is 0 Å². The summed E-state index contributed by atoms with van der Waals surface area (Å²) in [5, 5.41) is 9.28. The molecular formula is C15H20N2O3S. The molecule has 5 nitrogen and oxygen atoms in total. The molecule has 1 saturated heterocycles. The summed E-state index contributed by atoms with van der Waals surface area (Å²) in [4.78, 5) is 30.8. The number of aromatic nitrogens is 1. The highest BCUT2D eigenvalue weighted by molar-refractivity contribution is 7.11. The fraction of sp³-hybridized carbons (Fsp3) is 0.667. The minimum absolute atomic E-state index is 0.0376. The van der Waals surface area contributed by atoms with Gasteiger partial charge in [0, 0.05) is 19.0 Å². The van der Waals surface area contributed by atoms with E-state index < -0.39 is 11.4 Å². The monoisotopic (exact) mass is 308 g/mol. The molecule has 114 valence electrons. The molecule has 0 spiro atoms. The van der Waals surface area contributed by atoms with Crippen LogP contribution in [-0.2, 0) is 4.79 Å². The van der Waals surface area contributed by atoms with Crippen molar-refractivity contribution in [3.8, 4) is 0 Å². The van der Waals surface area contributed by atoms with E-state index in [0.29, 0.717) is 25.4 Å². The molecule has 1 saturated carbocycles. The van der Waals surface area contributed by atoms with Gasteiger partial charge in [-0.1, -0.05) is 12.8 Å². The van der Waals surface area contributed by atoms with Crippen molar-refractivity contribution >= 4 is 23.2 Å². The fourth-order valence-corrected chi connectivity index (χ4v) is 4.20. The Labute approximate surface area is 128 Å². The Morgan fingerprint density at radius 1 is 1.43 bits per heavy atom. The normalized spacial score (nSPS) is 26.4. The molecule has 0 radical (unpaired) electrons. The van der Waals surface area contributed by atoms with Gasteiger partial charge in [0.05, 0.1) is 16.6 Å². The minimum Gasteiger partial charge on any atom is -0.481 e. The van der Waals surface area contributed by atoms with E-state index in [0.717, 1.165) is 23.4 Å². The molecule has 1 aliphatic carbocycles. The number of amides is 1. The van der Waals surface area contributed by atoms with Crippen molar-refractivity contribution in [2.75, 3.05) is 13.1 Å². The number of likely N-dealkylation sites (tertiary alicyclic amines) is 1. The molecule has 1 atom stereocenters. The predicted molar refractivity (Wildman–Crippen MR) is 79.6 cm³/mol. The van der Waals surface area contributed by atoms with Gasteiger partial charge in [0.15, 0.2) is 0 Å². The zero-order valence-electron chi connectivity index (χ0n) is 12.2. The smallest absolute Gasteiger partial charge is 0.311 e. The number of carbonyl (C=O) groups is 2. The molecular weight excluding hydrogens is 288 g/mol. The van der Waals surface area contributed by atoms with Crippen molar-refractivity contribution in [2.45, 2.75) is 44.9 Å². The van der Waals surface area contributed by atoms with Gasteiger partial charge in [-0.05, 0) is 26.2 Å². The molecule has 1 aromatic rings. The van der Waals surface area contributed by atoms with Crippen LogP contribution in [-0.4, -0.2) is 40.0 Å². The van der Waals surface area contributed by atoms with Crippen LogP contribution in [0.2, 0.25) is 0 Å². The van der Waals surface area contributed by atoms with Gasteiger partial charge in [-0.15, -0.1) is 11.3 Å². The van der Waals surface area contributed by atoms with Crippen molar-refractivity contribution in [2.24, 2.45) is 5.41 Å². The highest BCUT2D eigenvalue weighted by Gasteiger charge is 2.43. The Morgan fingerprint density at radius 3 is 2.76 bits per heavy atom. The van der Waals surface area contributed by atoms with Gasteiger partial charge >= 0.3 is 5.97 Å². The lowest BCUT2D eigenvalue weighted by Crippen LogP contribution is -2.35. The van der Waals surface area contributed by atoms with Crippen LogP contribution in [0.5, 0.6) is 0 Å². The van der Waals surface area contributed by atoms with Crippen LogP contribution < -0.4 is 0 Å². The highest BCUT2D eigenvalue weighted by Crippen LogP contribution is 2.38. The number of hydrogen-bond acceptors (Lipinski definition) is 4. The first-order chi connectivity index (χ1) is 10.0. The Balaban J connectivity index is 1.78. The molecule has 1 aromatic heterocycles. The third-order valence-corrected chi connectivity index (χ3v) is 5.64. The van der Waals surface area contributed by atoms with Gasteiger partial charge in [0.2, 0.25) is 0 Å². The Hall–Kier alpha value is -1.43. The van der Waals surface area contributed by atoms with Crippen molar-refractivity contribution in [1.82, 2.24) is 9.88 Å². The minimum atomic E-state index is -0.821.